The molecule has 0 unspecified atom stereocenters. The Morgan fingerprint density at radius 3 is 2.35 bits per heavy atom. The molecule has 0 aliphatic rings. The zero-order chi connectivity index (χ0) is 13.1. The second kappa shape index (κ2) is 5.40. The van der Waals surface area contributed by atoms with Crippen LogP contribution in [0.25, 0.3) is 0 Å². The highest BCUT2D eigenvalue weighted by molar-refractivity contribution is 5.50. The number of hydrogen-bond donors (Lipinski definition) is 1. The van der Waals surface area contributed by atoms with Gasteiger partial charge in [0.25, 0.3) is 0 Å². The van der Waals surface area contributed by atoms with Gasteiger partial charge in [-0.25, -0.2) is 0 Å². The van der Waals surface area contributed by atoms with Gasteiger partial charge in [0.1, 0.15) is 0 Å². The van der Waals surface area contributed by atoms with Crippen molar-refractivity contribution in [2.75, 3.05) is 25.5 Å². The van der Waals surface area contributed by atoms with Gasteiger partial charge >= 0.3 is 6.18 Å². The molecule has 0 heterocycles. The minimum absolute atomic E-state index is 0.235. The third-order valence-corrected chi connectivity index (χ3v) is 2.48. The molecule has 1 aromatic rings. The molecule has 2 nitrogen and oxygen atoms in total. The van der Waals surface area contributed by atoms with E-state index in [2.05, 4.69) is 5.32 Å². The Labute approximate surface area is 99.4 Å². The first-order chi connectivity index (χ1) is 7.86. The van der Waals surface area contributed by atoms with Crippen molar-refractivity contribution in [2.24, 2.45) is 0 Å². The van der Waals surface area contributed by atoms with Crippen molar-refractivity contribution in [3.63, 3.8) is 0 Å². The van der Waals surface area contributed by atoms with E-state index in [1.165, 1.54) is 12.1 Å². The van der Waals surface area contributed by atoms with E-state index in [0.29, 0.717) is 12.2 Å². The summed E-state index contributed by atoms with van der Waals surface area (Å²) in [7, 11) is 3.44. The summed E-state index contributed by atoms with van der Waals surface area (Å²) >= 11 is 0. The fourth-order valence-electron chi connectivity index (χ4n) is 1.52. The van der Waals surface area contributed by atoms with Gasteiger partial charge in [0, 0.05) is 26.3 Å². The van der Waals surface area contributed by atoms with Crippen molar-refractivity contribution in [3.8, 4) is 0 Å². The minimum Gasteiger partial charge on any atom is -0.378 e. The van der Waals surface area contributed by atoms with Crippen LogP contribution in [0, 0.1) is 0 Å². The molecule has 1 N–H and O–H groups in total. The Morgan fingerprint density at radius 2 is 1.88 bits per heavy atom. The maximum absolute atomic E-state index is 12.9. The maximum Gasteiger partial charge on any atom is 0.416 e. The van der Waals surface area contributed by atoms with E-state index in [-0.39, 0.29) is 12.1 Å². The Kier molecular flexibility index (Phi) is 4.40. The monoisotopic (exact) mass is 246 g/mol. The van der Waals surface area contributed by atoms with Gasteiger partial charge in [0.15, 0.2) is 0 Å². The molecule has 0 fully saturated rings. The van der Waals surface area contributed by atoms with E-state index < -0.39 is 11.7 Å². The van der Waals surface area contributed by atoms with Gasteiger partial charge in [-0.3, -0.25) is 0 Å². The average molecular weight is 246 g/mol. The highest BCUT2D eigenvalue weighted by Crippen LogP contribution is 2.34. The summed E-state index contributed by atoms with van der Waals surface area (Å²) in [5, 5.41) is 2.91. The summed E-state index contributed by atoms with van der Waals surface area (Å²) in [6, 6.07) is 4.41. The number of hydrogen-bond acceptors (Lipinski definition) is 2. The topological polar surface area (TPSA) is 15.3 Å². The third-order valence-electron chi connectivity index (χ3n) is 2.48. The average Bonchev–Trinajstić information content (AvgIpc) is 2.24. The van der Waals surface area contributed by atoms with E-state index in [1.807, 2.05) is 6.92 Å². The van der Waals surface area contributed by atoms with Crippen LogP contribution in [0.2, 0.25) is 0 Å². The lowest BCUT2D eigenvalue weighted by atomic mass is 10.1. The lowest BCUT2D eigenvalue weighted by molar-refractivity contribution is -0.138. The number of benzene rings is 1. The van der Waals surface area contributed by atoms with Gasteiger partial charge in [-0.1, -0.05) is 13.0 Å². The number of rotatable bonds is 4. The maximum atomic E-state index is 12.9. The summed E-state index contributed by atoms with van der Waals surface area (Å²) < 4.78 is 38.6. The second-order valence-electron chi connectivity index (χ2n) is 4.01. The van der Waals surface area contributed by atoms with Crippen LogP contribution in [0.3, 0.4) is 0 Å². The van der Waals surface area contributed by atoms with Gasteiger partial charge < -0.3 is 10.2 Å². The predicted octanol–water partition coefficient (Wildman–Crippen LogP) is 2.88. The highest BCUT2D eigenvalue weighted by atomic mass is 19.4. The lowest BCUT2D eigenvalue weighted by Gasteiger charge is -2.18. The van der Waals surface area contributed by atoms with Crippen LogP contribution in [0.1, 0.15) is 18.1 Å². The minimum atomic E-state index is -4.31. The van der Waals surface area contributed by atoms with Crippen LogP contribution in [-0.4, -0.2) is 20.6 Å². The molecule has 96 valence electrons. The first-order valence-electron chi connectivity index (χ1n) is 5.44. The molecule has 5 heteroatoms. The number of alkyl halides is 3. The molecule has 0 aliphatic carbocycles. The molecular weight excluding hydrogens is 229 g/mol. The number of nitrogens with zero attached hydrogens (tertiary/aromatic N) is 1. The molecule has 0 saturated heterocycles. The van der Waals surface area contributed by atoms with Gasteiger partial charge in [-0.15, -0.1) is 0 Å². The molecule has 1 aromatic carbocycles. The highest BCUT2D eigenvalue weighted by Gasteiger charge is 2.33. The summed E-state index contributed by atoms with van der Waals surface area (Å²) in [5.74, 6) is 0. The molecule has 0 atom stereocenters. The number of nitrogens with one attached hydrogen (secondary N) is 1. The van der Waals surface area contributed by atoms with Crippen LogP contribution < -0.4 is 10.2 Å². The zero-order valence-electron chi connectivity index (χ0n) is 10.2. The fraction of sp³-hybridized carbons (Fsp3) is 0.500. The van der Waals surface area contributed by atoms with Crippen molar-refractivity contribution in [1.82, 2.24) is 5.32 Å². The van der Waals surface area contributed by atoms with Crippen LogP contribution in [0.15, 0.2) is 18.2 Å². The summed E-state index contributed by atoms with van der Waals surface area (Å²) in [6.45, 7) is 2.74. The molecular formula is C12H17F3N2. The fourth-order valence-corrected chi connectivity index (χ4v) is 1.52. The largest absolute Gasteiger partial charge is 0.416 e. The third kappa shape index (κ3) is 3.63. The first kappa shape index (κ1) is 13.8. The smallest absolute Gasteiger partial charge is 0.378 e. The Bertz CT molecular complexity index is 373. The Hall–Kier alpha value is -1.23. The molecule has 17 heavy (non-hydrogen) atoms. The van der Waals surface area contributed by atoms with Crippen LogP contribution in [0.5, 0.6) is 0 Å². The predicted molar refractivity (Wildman–Crippen MR) is 63.2 cm³/mol. The van der Waals surface area contributed by atoms with Crippen molar-refractivity contribution < 1.29 is 13.2 Å². The lowest BCUT2D eigenvalue weighted by Crippen LogP contribution is -2.18. The van der Waals surface area contributed by atoms with Crippen molar-refractivity contribution in [1.29, 1.82) is 0 Å². The van der Waals surface area contributed by atoms with Crippen molar-refractivity contribution >= 4 is 5.69 Å². The van der Waals surface area contributed by atoms with Crippen LogP contribution >= 0.6 is 0 Å². The van der Waals surface area contributed by atoms with Gasteiger partial charge in [0.05, 0.1) is 5.56 Å². The molecule has 1 rings (SSSR count). The molecule has 0 amide bonds. The molecule has 0 bridgehead atoms. The standard InChI is InChI=1S/C12H17F3N2/c1-4-16-8-9-5-6-10(17(2)3)7-11(9)12(13,14)15/h5-7,16H,4,8H2,1-3H3. The molecule has 0 spiro atoms. The SMILES string of the molecule is CCNCc1ccc(N(C)C)cc1C(F)(F)F. The molecule has 0 radical (unpaired) electrons. The van der Waals surface area contributed by atoms with Crippen molar-refractivity contribution in [3.05, 3.63) is 29.3 Å². The van der Waals surface area contributed by atoms with Gasteiger partial charge in [-0.05, 0) is 24.2 Å². The van der Waals surface area contributed by atoms with Gasteiger partial charge in [0.2, 0.25) is 0 Å². The normalized spacial score (nSPS) is 11.6. The number of halogens is 3. The molecule has 0 aliphatic heterocycles. The van der Waals surface area contributed by atoms with E-state index in [1.54, 1.807) is 25.1 Å². The van der Waals surface area contributed by atoms with E-state index in [0.717, 1.165) is 0 Å². The van der Waals surface area contributed by atoms with E-state index >= 15 is 0 Å². The zero-order valence-corrected chi connectivity index (χ0v) is 10.2. The second-order valence-corrected chi connectivity index (χ2v) is 4.01. The Balaban J connectivity index is 3.13. The molecule has 0 saturated carbocycles. The summed E-state index contributed by atoms with van der Waals surface area (Å²) in [5.41, 5.74) is 0.271. The van der Waals surface area contributed by atoms with Crippen molar-refractivity contribution in [2.45, 2.75) is 19.6 Å². The first-order valence-corrected chi connectivity index (χ1v) is 5.44. The summed E-state index contributed by atoms with van der Waals surface area (Å²) in [4.78, 5) is 1.66. The number of anilines is 1. The Morgan fingerprint density at radius 1 is 1.24 bits per heavy atom. The van der Waals surface area contributed by atoms with E-state index in [9.17, 15) is 13.2 Å². The quantitative estimate of drug-likeness (QED) is 0.878. The van der Waals surface area contributed by atoms with Gasteiger partial charge in [-0.2, -0.15) is 13.2 Å². The van der Waals surface area contributed by atoms with Crippen LogP contribution in [-0.2, 0) is 12.7 Å². The molecule has 0 aromatic heterocycles. The van der Waals surface area contributed by atoms with E-state index in [4.69, 9.17) is 0 Å². The summed E-state index contributed by atoms with van der Waals surface area (Å²) in [6.07, 6.45) is -4.31. The van der Waals surface area contributed by atoms with Crippen LogP contribution in [0.4, 0.5) is 18.9 Å².